The van der Waals surface area contributed by atoms with Crippen LogP contribution in [0.5, 0.6) is 5.75 Å². The zero-order valence-corrected chi connectivity index (χ0v) is 39.8. The van der Waals surface area contributed by atoms with Crippen molar-refractivity contribution in [3.05, 3.63) is 102 Å². The van der Waals surface area contributed by atoms with Crippen molar-refractivity contribution in [2.45, 2.75) is 104 Å². The molecule has 0 aromatic heterocycles. The molecule has 3 aromatic carbocycles. The van der Waals surface area contributed by atoms with Crippen LogP contribution in [-0.4, -0.2) is 83.1 Å². The molecule has 3 aromatic rings. The molecule has 13 nitrogen and oxygen atoms in total. The number of aryl methyl sites for hydroxylation is 1. The van der Waals surface area contributed by atoms with Crippen LogP contribution in [0.25, 0.3) is 22.3 Å². The number of methoxy groups -OCH3 is 2. The molecule has 0 N–H and O–H groups in total. The fourth-order valence-electron chi connectivity index (χ4n) is 7.80. The first-order valence-corrected chi connectivity index (χ1v) is 22.9. The fourth-order valence-corrected chi connectivity index (χ4v) is 7.80. The highest BCUT2D eigenvalue weighted by Gasteiger charge is 2.38. The van der Waals surface area contributed by atoms with Crippen molar-refractivity contribution in [3.8, 4) is 28.0 Å². The van der Waals surface area contributed by atoms with Gasteiger partial charge in [-0.2, -0.15) is 0 Å². The van der Waals surface area contributed by atoms with Crippen molar-refractivity contribution in [1.29, 1.82) is 0 Å². The molecule has 0 atom stereocenters. The van der Waals surface area contributed by atoms with E-state index in [0.717, 1.165) is 33.0 Å². The Balaban J connectivity index is 1.65. The van der Waals surface area contributed by atoms with Crippen molar-refractivity contribution in [1.82, 2.24) is 0 Å². The molecule has 0 amide bonds. The molecule has 4 rings (SSSR count). The number of carbonyl (C=O) groups excluding carboxylic acids is 6. The second-order valence-corrected chi connectivity index (χ2v) is 17.4. The Labute approximate surface area is 397 Å². The van der Waals surface area contributed by atoms with Crippen LogP contribution < -0.4 is 4.74 Å². The first-order valence-electron chi connectivity index (χ1n) is 22.9. The number of rotatable bonds is 26. The van der Waals surface area contributed by atoms with Crippen LogP contribution in [0.15, 0.2) is 78.9 Å². The zero-order valence-electron chi connectivity index (χ0n) is 39.8. The first-order chi connectivity index (χ1) is 32.5. The molecular weight excluding hydrogens is 883 g/mol. The minimum Gasteiger partial charge on any atom is -0.492 e. The highest BCUT2D eigenvalue weighted by Crippen LogP contribution is 2.39. The van der Waals surface area contributed by atoms with Crippen LogP contribution in [0.4, 0.5) is 8.78 Å². The summed E-state index contributed by atoms with van der Waals surface area (Å²) < 4.78 is 69.2. The molecule has 0 aliphatic heterocycles. The molecule has 0 spiro atoms. The number of unbranched alkanes of at least 4 members (excludes halogenated alkanes) is 2. The topological polar surface area (TPSA) is 167 Å². The van der Waals surface area contributed by atoms with E-state index in [4.69, 9.17) is 23.7 Å². The first kappa shape index (κ1) is 54.2. The lowest BCUT2D eigenvalue weighted by Crippen LogP contribution is -2.44. The van der Waals surface area contributed by atoms with Gasteiger partial charge in [-0.1, -0.05) is 88.2 Å². The van der Waals surface area contributed by atoms with Gasteiger partial charge in [0.1, 0.15) is 50.4 Å². The van der Waals surface area contributed by atoms with E-state index in [9.17, 15) is 28.8 Å². The van der Waals surface area contributed by atoms with Gasteiger partial charge in [-0.3, -0.25) is 19.2 Å². The second-order valence-electron chi connectivity index (χ2n) is 17.4. The van der Waals surface area contributed by atoms with Gasteiger partial charge in [0.25, 0.3) is 0 Å². The number of esters is 6. The maximum atomic E-state index is 16.2. The highest BCUT2D eigenvalue weighted by molar-refractivity contribution is 5.92. The largest absolute Gasteiger partial charge is 0.492 e. The third-order valence-electron chi connectivity index (χ3n) is 11.9. The van der Waals surface area contributed by atoms with Crippen molar-refractivity contribution < 1.29 is 70.7 Å². The van der Waals surface area contributed by atoms with Crippen LogP contribution >= 0.6 is 0 Å². The predicted octanol–water partition coefficient (Wildman–Crippen LogP) is 9.90. The van der Waals surface area contributed by atoms with Gasteiger partial charge in [0.05, 0.1) is 20.8 Å². The summed E-state index contributed by atoms with van der Waals surface area (Å²) >= 11 is 0. The van der Waals surface area contributed by atoms with E-state index in [1.54, 1.807) is 6.07 Å². The van der Waals surface area contributed by atoms with Gasteiger partial charge in [-0.15, -0.1) is 0 Å². The summed E-state index contributed by atoms with van der Waals surface area (Å²) in [6.07, 6.45) is 8.60. The second kappa shape index (κ2) is 26.8. The maximum absolute atomic E-state index is 16.2. The van der Waals surface area contributed by atoms with Gasteiger partial charge in [-0.05, 0) is 98.6 Å². The van der Waals surface area contributed by atoms with Crippen molar-refractivity contribution in [2.24, 2.45) is 11.3 Å². The van der Waals surface area contributed by atoms with Crippen LogP contribution in [0.1, 0.15) is 108 Å². The van der Waals surface area contributed by atoms with Crippen LogP contribution in [-0.2, 0) is 63.6 Å². The van der Waals surface area contributed by atoms with E-state index >= 15 is 8.78 Å². The molecule has 0 bridgehead atoms. The molecule has 0 radical (unpaired) electrons. The number of carbonyl (C=O) groups is 6. The maximum Gasteiger partial charge on any atom is 0.333 e. The molecule has 1 aliphatic rings. The van der Waals surface area contributed by atoms with E-state index in [-0.39, 0.29) is 47.5 Å². The summed E-state index contributed by atoms with van der Waals surface area (Å²) in [4.78, 5) is 73.8. The Bertz CT molecular complexity index is 2230. The van der Waals surface area contributed by atoms with E-state index in [2.05, 4.69) is 29.6 Å². The van der Waals surface area contributed by atoms with Gasteiger partial charge in [0, 0.05) is 22.3 Å². The van der Waals surface area contributed by atoms with E-state index < -0.39 is 92.1 Å². The summed E-state index contributed by atoms with van der Waals surface area (Å²) in [7, 11) is 2.16. The highest BCUT2D eigenvalue weighted by atomic mass is 19.2. The lowest BCUT2D eigenvalue weighted by atomic mass is 9.77. The summed E-state index contributed by atoms with van der Waals surface area (Å²) in [5.74, 6) is -5.96. The monoisotopic (exact) mass is 946 g/mol. The smallest absolute Gasteiger partial charge is 0.333 e. The lowest BCUT2D eigenvalue weighted by molar-refractivity contribution is -0.165. The van der Waals surface area contributed by atoms with E-state index in [1.165, 1.54) is 82.2 Å². The quantitative estimate of drug-likeness (QED) is 0.0246. The third-order valence-corrected chi connectivity index (χ3v) is 11.9. The molecule has 368 valence electrons. The SMILES string of the molecule is C=C(C)C(=O)OCCCc1cc(-c2ccc(-c3ccc(C4CCC(CCCCC)CC4)cc3)c(F)c2F)ccc1OCC(COC(=O)CC(=O)OC)(COC(=O)CC(=O)OC)COC(=O)C(=C)C. The molecule has 15 heteroatoms. The summed E-state index contributed by atoms with van der Waals surface area (Å²) in [5, 5.41) is 0. The summed E-state index contributed by atoms with van der Waals surface area (Å²) in [5.41, 5.74) is 1.11. The average Bonchev–Trinajstić information content (AvgIpc) is 3.33. The van der Waals surface area contributed by atoms with Gasteiger partial charge in [-0.25, -0.2) is 18.4 Å². The molecule has 1 fully saturated rings. The van der Waals surface area contributed by atoms with Crippen molar-refractivity contribution in [2.75, 3.05) is 47.3 Å². The summed E-state index contributed by atoms with van der Waals surface area (Å²) in [6, 6.07) is 15.4. The zero-order chi connectivity index (χ0) is 49.8. The molecular formula is C53H64F2O13. The average molecular weight is 947 g/mol. The summed E-state index contributed by atoms with van der Waals surface area (Å²) in [6.45, 7) is 9.92. The van der Waals surface area contributed by atoms with Crippen LogP contribution in [0, 0.1) is 23.0 Å². The minimum absolute atomic E-state index is 0.0191. The molecule has 68 heavy (non-hydrogen) atoms. The van der Waals surface area contributed by atoms with Gasteiger partial charge in [0.15, 0.2) is 11.6 Å². The van der Waals surface area contributed by atoms with Crippen molar-refractivity contribution >= 4 is 35.8 Å². The number of hydrogen-bond acceptors (Lipinski definition) is 13. The van der Waals surface area contributed by atoms with Crippen LogP contribution in [0.2, 0.25) is 0 Å². The number of hydrogen-bond donors (Lipinski definition) is 0. The Kier molecular flexibility index (Phi) is 21.4. The number of benzene rings is 3. The van der Waals surface area contributed by atoms with Crippen molar-refractivity contribution in [3.63, 3.8) is 0 Å². The Morgan fingerprint density at radius 3 is 1.71 bits per heavy atom. The predicted molar refractivity (Wildman–Crippen MR) is 249 cm³/mol. The number of halogens is 2. The fraction of sp³-hybridized carbons (Fsp3) is 0.472. The van der Waals surface area contributed by atoms with E-state index in [1.807, 2.05) is 24.3 Å². The molecule has 1 aliphatic carbocycles. The minimum atomic E-state index is -1.67. The van der Waals surface area contributed by atoms with Gasteiger partial charge in [0.2, 0.25) is 0 Å². The molecule has 0 heterocycles. The standard InChI is InChI=1S/C53H64F2O13/c1-8-9-10-12-36-14-16-37(17-15-36)38-18-20-39(21-19-38)42-23-24-43(50(55)49(42)54)40-22-25-44(41(27-40)13-11-26-64-51(60)34(2)3)65-30-53(33-68-52(61)35(4)5,31-66-47(58)28-45(56)62-6)32-67-48(59)29-46(57)63-7/h18-25,27,36-37H,2,4,8-17,26,28-33H2,1,3,5-7H3. The Morgan fingerprint density at radius 1 is 0.632 bits per heavy atom. The van der Waals surface area contributed by atoms with Crippen LogP contribution in [0.3, 0.4) is 0 Å². The molecule has 0 unspecified atom stereocenters. The lowest BCUT2D eigenvalue weighted by Gasteiger charge is -2.32. The Hall–Kier alpha value is -6.38. The normalized spacial score (nSPS) is 14.5. The van der Waals surface area contributed by atoms with Gasteiger partial charge < -0.3 is 33.2 Å². The molecule has 0 saturated heterocycles. The molecule has 1 saturated carbocycles. The third kappa shape index (κ3) is 16.4. The van der Waals surface area contributed by atoms with E-state index in [0.29, 0.717) is 22.6 Å². The van der Waals surface area contributed by atoms with Gasteiger partial charge >= 0.3 is 35.8 Å². The Morgan fingerprint density at radius 2 is 1.16 bits per heavy atom. The number of ether oxygens (including phenoxy) is 7.